The highest BCUT2D eigenvalue weighted by atomic mass is 15.1. The highest BCUT2D eigenvalue weighted by molar-refractivity contribution is 5.70. The SMILES string of the molecule is CCN(CC)c1ccc(C=Cc2ncncn2)c(CN)c1. The molecule has 1 aromatic heterocycles. The number of aromatic nitrogens is 3. The van der Waals surface area contributed by atoms with E-state index < -0.39 is 0 Å². The molecule has 0 amide bonds. The molecule has 21 heavy (non-hydrogen) atoms. The van der Waals surface area contributed by atoms with Crippen LogP contribution in [0, 0.1) is 0 Å². The van der Waals surface area contributed by atoms with Gasteiger partial charge in [0.25, 0.3) is 0 Å². The maximum atomic E-state index is 5.88. The van der Waals surface area contributed by atoms with Gasteiger partial charge in [-0.2, -0.15) is 0 Å². The lowest BCUT2D eigenvalue weighted by molar-refractivity contribution is 0.864. The molecule has 2 rings (SSSR count). The highest BCUT2D eigenvalue weighted by Crippen LogP contribution is 2.21. The predicted molar refractivity (Wildman–Crippen MR) is 86.6 cm³/mol. The van der Waals surface area contributed by atoms with Gasteiger partial charge < -0.3 is 10.6 Å². The Kier molecular flexibility index (Phi) is 5.40. The molecule has 0 unspecified atom stereocenters. The van der Waals surface area contributed by atoms with Crippen LogP contribution >= 0.6 is 0 Å². The van der Waals surface area contributed by atoms with Gasteiger partial charge in [0.1, 0.15) is 12.7 Å². The van der Waals surface area contributed by atoms with Crippen molar-refractivity contribution in [3.05, 3.63) is 47.8 Å². The van der Waals surface area contributed by atoms with E-state index in [4.69, 9.17) is 5.73 Å². The molecule has 2 N–H and O–H groups in total. The fourth-order valence-corrected chi connectivity index (χ4v) is 2.22. The average Bonchev–Trinajstić information content (AvgIpc) is 2.55. The number of nitrogens with zero attached hydrogens (tertiary/aromatic N) is 4. The lowest BCUT2D eigenvalue weighted by Gasteiger charge is -2.22. The van der Waals surface area contributed by atoms with Gasteiger partial charge in [0.15, 0.2) is 5.82 Å². The van der Waals surface area contributed by atoms with Crippen molar-refractivity contribution in [2.75, 3.05) is 18.0 Å². The van der Waals surface area contributed by atoms with E-state index in [1.165, 1.54) is 18.3 Å². The third-order valence-corrected chi connectivity index (χ3v) is 3.40. The summed E-state index contributed by atoms with van der Waals surface area (Å²) in [5, 5.41) is 0. The molecule has 0 aliphatic rings. The van der Waals surface area contributed by atoms with E-state index in [1.54, 1.807) is 0 Å². The second-order valence-corrected chi connectivity index (χ2v) is 4.59. The summed E-state index contributed by atoms with van der Waals surface area (Å²) in [5.41, 5.74) is 9.29. The normalized spacial score (nSPS) is 11.0. The van der Waals surface area contributed by atoms with Gasteiger partial charge >= 0.3 is 0 Å². The van der Waals surface area contributed by atoms with Crippen molar-refractivity contribution in [3.8, 4) is 0 Å². The van der Waals surface area contributed by atoms with Crippen LogP contribution in [0.5, 0.6) is 0 Å². The first-order valence-corrected chi connectivity index (χ1v) is 7.16. The summed E-state index contributed by atoms with van der Waals surface area (Å²) >= 11 is 0. The smallest absolute Gasteiger partial charge is 0.155 e. The molecule has 5 heteroatoms. The van der Waals surface area contributed by atoms with Crippen molar-refractivity contribution in [3.63, 3.8) is 0 Å². The van der Waals surface area contributed by atoms with Crippen LogP contribution < -0.4 is 10.6 Å². The van der Waals surface area contributed by atoms with E-state index in [0.717, 1.165) is 24.2 Å². The van der Waals surface area contributed by atoms with Crippen molar-refractivity contribution in [2.24, 2.45) is 5.73 Å². The van der Waals surface area contributed by atoms with E-state index in [-0.39, 0.29) is 0 Å². The molecule has 5 nitrogen and oxygen atoms in total. The van der Waals surface area contributed by atoms with E-state index in [9.17, 15) is 0 Å². The summed E-state index contributed by atoms with van der Waals surface area (Å²) in [6.07, 6.45) is 6.83. The second-order valence-electron chi connectivity index (χ2n) is 4.59. The number of benzene rings is 1. The minimum atomic E-state index is 0.506. The van der Waals surface area contributed by atoms with Crippen molar-refractivity contribution >= 4 is 17.8 Å². The summed E-state index contributed by atoms with van der Waals surface area (Å²) in [4.78, 5) is 14.3. The Morgan fingerprint density at radius 3 is 2.43 bits per heavy atom. The fourth-order valence-electron chi connectivity index (χ4n) is 2.22. The first-order valence-electron chi connectivity index (χ1n) is 7.16. The number of nitrogens with two attached hydrogens (primary N) is 1. The summed E-state index contributed by atoms with van der Waals surface area (Å²) < 4.78 is 0. The second kappa shape index (κ2) is 7.50. The first kappa shape index (κ1) is 15.1. The quantitative estimate of drug-likeness (QED) is 0.881. The zero-order valence-corrected chi connectivity index (χ0v) is 12.5. The Morgan fingerprint density at radius 1 is 1.10 bits per heavy atom. The number of anilines is 1. The third-order valence-electron chi connectivity index (χ3n) is 3.40. The van der Waals surface area contributed by atoms with Gasteiger partial charge in [0.2, 0.25) is 0 Å². The maximum absolute atomic E-state index is 5.88. The molecule has 0 radical (unpaired) electrons. The van der Waals surface area contributed by atoms with Crippen LogP contribution in [0.15, 0.2) is 30.9 Å². The zero-order valence-electron chi connectivity index (χ0n) is 12.5. The Balaban J connectivity index is 2.26. The number of hydrogen-bond donors (Lipinski definition) is 1. The summed E-state index contributed by atoms with van der Waals surface area (Å²) in [6, 6.07) is 6.37. The van der Waals surface area contributed by atoms with Crippen LogP contribution in [0.4, 0.5) is 5.69 Å². The van der Waals surface area contributed by atoms with Crippen molar-refractivity contribution in [2.45, 2.75) is 20.4 Å². The van der Waals surface area contributed by atoms with Crippen molar-refractivity contribution in [1.82, 2.24) is 15.0 Å². The molecule has 2 aromatic rings. The van der Waals surface area contributed by atoms with Crippen molar-refractivity contribution in [1.29, 1.82) is 0 Å². The van der Waals surface area contributed by atoms with E-state index in [2.05, 4.69) is 51.9 Å². The topological polar surface area (TPSA) is 67.9 Å². The molecular formula is C16H21N5. The van der Waals surface area contributed by atoms with Gasteiger partial charge in [-0.05, 0) is 43.2 Å². The average molecular weight is 283 g/mol. The van der Waals surface area contributed by atoms with E-state index in [1.807, 2.05) is 12.2 Å². The molecule has 0 aliphatic heterocycles. The Morgan fingerprint density at radius 2 is 1.81 bits per heavy atom. The minimum Gasteiger partial charge on any atom is -0.372 e. The van der Waals surface area contributed by atoms with Gasteiger partial charge in [-0.3, -0.25) is 0 Å². The standard InChI is InChI=1S/C16H21N5/c1-3-21(4-2)15-7-5-13(14(9-15)10-17)6-8-16-19-11-18-12-20-16/h5-9,11-12H,3-4,10,17H2,1-2H3. The van der Waals surface area contributed by atoms with Crippen LogP contribution in [0.3, 0.4) is 0 Å². The molecule has 0 fully saturated rings. The van der Waals surface area contributed by atoms with Gasteiger partial charge in [-0.25, -0.2) is 15.0 Å². The van der Waals surface area contributed by atoms with Gasteiger partial charge in [0, 0.05) is 25.3 Å². The number of hydrogen-bond acceptors (Lipinski definition) is 5. The molecule has 1 aromatic carbocycles. The van der Waals surface area contributed by atoms with Gasteiger partial charge in [0.05, 0.1) is 0 Å². The molecular weight excluding hydrogens is 262 g/mol. The molecule has 110 valence electrons. The Hall–Kier alpha value is -2.27. The molecule has 0 spiro atoms. The number of rotatable bonds is 6. The predicted octanol–water partition coefficient (Wildman–Crippen LogP) is 2.35. The molecule has 0 bridgehead atoms. The van der Waals surface area contributed by atoms with Crippen LogP contribution in [0.1, 0.15) is 30.8 Å². The van der Waals surface area contributed by atoms with Crippen LogP contribution in [-0.2, 0) is 6.54 Å². The molecule has 1 heterocycles. The Labute approximate surface area is 125 Å². The largest absolute Gasteiger partial charge is 0.372 e. The molecule has 0 atom stereocenters. The van der Waals surface area contributed by atoms with E-state index in [0.29, 0.717) is 12.4 Å². The zero-order chi connectivity index (χ0) is 15.1. The van der Waals surface area contributed by atoms with Crippen LogP contribution in [0.25, 0.3) is 12.2 Å². The fraction of sp³-hybridized carbons (Fsp3) is 0.312. The van der Waals surface area contributed by atoms with E-state index >= 15 is 0 Å². The first-order chi connectivity index (χ1) is 10.3. The monoisotopic (exact) mass is 283 g/mol. The van der Waals surface area contributed by atoms with Crippen LogP contribution in [-0.4, -0.2) is 28.0 Å². The molecule has 0 aliphatic carbocycles. The minimum absolute atomic E-state index is 0.506. The molecule has 0 saturated heterocycles. The van der Waals surface area contributed by atoms with Gasteiger partial charge in [-0.15, -0.1) is 0 Å². The van der Waals surface area contributed by atoms with Crippen molar-refractivity contribution < 1.29 is 0 Å². The summed E-state index contributed by atoms with van der Waals surface area (Å²) in [7, 11) is 0. The highest BCUT2D eigenvalue weighted by Gasteiger charge is 2.05. The van der Waals surface area contributed by atoms with Crippen LogP contribution in [0.2, 0.25) is 0 Å². The maximum Gasteiger partial charge on any atom is 0.155 e. The summed E-state index contributed by atoms with van der Waals surface area (Å²) in [6.45, 7) is 6.79. The van der Waals surface area contributed by atoms with Gasteiger partial charge in [-0.1, -0.05) is 12.1 Å². The summed E-state index contributed by atoms with van der Waals surface area (Å²) in [5.74, 6) is 0.640. The lowest BCUT2D eigenvalue weighted by Crippen LogP contribution is -2.22. The Bertz CT molecular complexity index is 591. The molecule has 0 saturated carbocycles. The third kappa shape index (κ3) is 3.86. The lowest BCUT2D eigenvalue weighted by atomic mass is 10.1.